The molecule has 0 saturated carbocycles. The first kappa shape index (κ1) is 18.8. The van der Waals surface area contributed by atoms with Crippen molar-refractivity contribution >= 4 is 5.91 Å². The van der Waals surface area contributed by atoms with Crippen molar-refractivity contribution in [2.45, 2.75) is 19.8 Å². The predicted molar refractivity (Wildman–Crippen MR) is 92.2 cm³/mol. The van der Waals surface area contributed by atoms with Gasteiger partial charge in [0.15, 0.2) is 6.29 Å². The zero-order chi connectivity index (χ0) is 18.1. The second-order valence-corrected chi connectivity index (χ2v) is 5.25. The summed E-state index contributed by atoms with van der Waals surface area (Å²) in [5.74, 6) is 0.561. The molecule has 0 aliphatic rings. The Morgan fingerprint density at radius 3 is 2.44 bits per heavy atom. The van der Waals surface area contributed by atoms with Crippen LogP contribution in [0.2, 0.25) is 0 Å². The summed E-state index contributed by atoms with van der Waals surface area (Å²) in [6, 6.07) is 7.62. The lowest BCUT2D eigenvalue weighted by atomic mass is 10.2. The van der Waals surface area contributed by atoms with Crippen LogP contribution in [0.5, 0.6) is 5.75 Å². The van der Waals surface area contributed by atoms with Gasteiger partial charge in [-0.05, 0) is 24.6 Å². The van der Waals surface area contributed by atoms with Crippen LogP contribution in [0.4, 0.5) is 0 Å². The van der Waals surface area contributed by atoms with Crippen molar-refractivity contribution in [1.82, 2.24) is 14.9 Å². The van der Waals surface area contributed by atoms with Gasteiger partial charge in [-0.15, -0.1) is 0 Å². The summed E-state index contributed by atoms with van der Waals surface area (Å²) in [6.45, 7) is 3.21. The molecule has 1 aromatic carbocycles. The molecule has 2 rings (SSSR count). The molecule has 0 aliphatic carbocycles. The first-order valence-electron chi connectivity index (χ1n) is 8.00. The maximum Gasteiger partial charge on any atom is 0.274 e. The summed E-state index contributed by atoms with van der Waals surface area (Å²) in [6.07, 6.45) is 3.94. The van der Waals surface area contributed by atoms with Gasteiger partial charge >= 0.3 is 0 Å². The lowest BCUT2D eigenvalue weighted by molar-refractivity contribution is -0.112. The fraction of sp³-hybridized carbons (Fsp3) is 0.389. The van der Waals surface area contributed by atoms with E-state index in [0.717, 1.165) is 11.3 Å². The van der Waals surface area contributed by atoms with E-state index < -0.39 is 6.29 Å². The minimum Gasteiger partial charge on any atom is -0.494 e. The van der Waals surface area contributed by atoms with Crippen molar-refractivity contribution in [3.8, 4) is 5.75 Å². The van der Waals surface area contributed by atoms with E-state index in [2.05, 4.69) is 9.97 Å². The Bertz CT molecular complexity index is 645. The van der Waals surface area contributed by atoms with Crippen molar-refractivity contribution in [2.24, 2.45) is 0 Å². The molecule has 1 aromatic heterocycles. The highest BCUT2D eigenvalue weighted by Crippen LogP contribution is 2.15. The van der Waals surface area contributed by atoms with E-state index in [0.29, 0.717) is 13.2 Å². The summed E-state index contributed by atoms with van der Waals surface area (Å²) >= 11 is 0. The van der Waals surface area contributed by atoms with E-state index in [1.807, 2.05) is 31.2 Å². The van der Waals surface area contributed by atoms with Crippen LogP contribution < -0.4 is 4.74 Å². The van der Waals surface area contributed by atoms with E-state index in [4.69, 9.17) is 14.2 Å². The molecule has 0 atom stereocenters. The van der Waals surface area contributed by atoms with Gasteiger partial charge in [-0.3, -0.25) is 9.78 Å². The van der Waals surface area contributed by atoms with Crippen LogP contribution in [0.3, 0.4) is 0 Å². The Labute approximate surface area is 147 Å². The van der Waals surface area contributed by atoms with Crippen LogP contribution in [0.25, 0.3) is 0 Å². The summed E-state index contributed by atoms with van der Waals surface area (Å²) in [5, 5.41) is 0. The molecule has 0 saturated heterocycles. The van der Waals surface area contributed by atoms with Crippen LogP contribution in [-0.2, 0) is 16.0 Å². The van der Waals surface area contributed by atoms with Gasteiger partial charge in [-0.2, -0.15) is 0 Å². The van der Waals surface area contributed by atoms with Gasteiger partial charge in [-0.1, -0.05) is 12.1 Å². The Kier molecular flexibility index (Phi) is 7.31. The predicted octanol–water partition coefficient (Wildman–Crippen LogP) is 2.14. The topological polar surface area (TPSA) is 73.8 Å². The average molecular weight is 345 g/mol. The first-order valence-corrected chi connectivity index (χ1v) is 8.00. The molecule has 7 heteroatoms. The summed E-state index contributed by atoms with van der Waals surface area (Å²) in [5.41, 5.74) is 1.24. The number of carbonyl (C=O) groups excluding carboxylic acids is 1. The molecular weight excluding hydrogens is 322 g/mol. The molecule has 0 bridgehead atoms. The Balaban J connectivity index is 2.17. The SMILES string of the molecule is CCOc1ccc(CN(CC(OC)OC)C(=O)c2cnccn2)cc1. The van der Waals surface area contributed by atoms with Gasteiger partial charge in [-0.25, -0.2) is 4.98 Å². The first-order chi connectivity index (χ1) is 12.2. The molecule has 0 N–H and O–H groups in total. The molecule has 1 amide bonds. The lowest BCUT2D eigenvalue weighted by Gasteiger charge is -2.26. The van der Waals surface area contributed by atoms with Crippen molar-refractivity contribution in [3.05, 3.63) is 54.1 Å². The fourth-order valence-corrected chi connectivity index (χ4v) is 2.29. The average Bonchev–Trinajstić information content (AvgIpc) is 2.67. The van der Waals surface area contributed by atoms with Crippen molar-refractivity contribution in [1.29, 1.82) is 0 Å². The van der Waals surface area contributed by atoms with Crippen molar-refractivity contribution in [3.63, 3.8) is 0 Å². The van der Waals surface area contributed by atoms with Crippen molar-refractivity contribution < 1.29 is 19.0 Å². The number of aromatic nitrogens is 2. The third-order valence-electron chi connectivity index (χ3n) is 3.57. The Hall–Kier alpha value is -2.51. The van der Waals surface area contributed by atoms with Crippen LogP contribution in [0, 0.1) is 0 Å². The fourth-order valence-electron chi connectivity index (χ4n) is 2.29. The van der Waals surface area contributed by atoms with Crippen molar-refractivity contribution in [2.75, 3.05) is 27.4 Å². The third kappa shape index (κ3) is 5.51. The number of benzene rings is 1. The monoisotopic (exact) mass is 345 g/mol. The molecule has 0 aliphatic heterocycles. The lowest BCUT2D eigenvalue weighted by Crippen LogP contribution is -2.39. The largest absolute Gasteiger partial charge is 0.494 e. The molecular formula is C18H23N3O4. The molecule has 25 heavy (non-hydrogen) atoms. The molecule has 1 heterocycles. The summed E-state index contributed by atoms with van der Waals surface area (Å²) in [7, 11) is 3.08. The number of nitrogens with zero attached hydrogens (tertiary/aromatic N) is 3. The number of rotatable bonds is 9. The third-order valence-corrected chi connectivity index (χ3v) is 3.57. The van der Waals surface area contributed by atoms with Gasteiger partial charge < -0.3 is 19.1 Å². The molecule has 0 unspecified atom stereocenters. The Morgan fingerprint density at radius 2 is 1.88 bits per heavy atom. The van der Waals surface area contributed by atoms with E-state index in [1.165, 1.54) is 32.8 Å². The maximum atomic E-state index is 12.8. The van der Waals surface area contributed by atoms with Crippen LogP contribution in [0.15, 0.2) is 42.9 Å². The highest BCUT2D eigenvalue weighted by atomic mass is 16.7. The molecule has 0 radical (unpaired) electrons. The quantitative estimate of drug-likeness (QED) is 0.648. The highest BCUT2D eigenvalue weighted by Gasteiger charge is 2.21. The molecule has 7 nitrogen and oxygen atoms in total. The summed E-state index contributed by atoms with van der Waals surface area (Å²) < 4.78 is 15.9. The number of methoxy groups -OCH3 is 2. The van der Waals surface area contributed by atoms with Gasteiger partial charge in [0, 0.05) is 33.2 Å². The normalized spacial score (nSPS) is 10.7. The number of carbonyl (C=O) groups is 1. The zero-order valence-electron chi connectivity index (χ0n) is 14.7. The number of hydrogen-bond donors (Lipinski definition) is 0. The minimum absolute atomic E-state index is 0.235. The molecule has 2 aromatic rings. The highest BCUT2D eigenvalue weighted by molar-refractivity contribution is 5.91. The van der Waals surface area contributed by atoms with E-state index in [-0.39, 0.29) is 18.1 Å². The standard InChI is InChI=1S/C18H23N3O4/c1-4-25-15-7-5-14(6-8-15)12-21(13-17(23-2)24-3)18(22)16-11-19-9-10-20-16/h5-11,17H,4,12-13H2,1-3H3. The van der Waals surface area contributed by atoms with Crippen LogP contribution in [-0.4, -0.2) is 54.4 Å². The van der Waals surface area contributed by atoms with Crippen LogP contribution >= 0.6 is 0 Å². The molecule has 0 fully saturated rings. The number of hydrogen-bond acceptors (Lipinski definition) is 6. The summed E-state index contributed by atoms with van der Waals surface area (Å²) in [4.78, 5) is 22.4. The smallest absolute Gasteiger partial charge is 0.274 e. The second kappa shape index (κ2) is 9.71. The number of ether oxygens (including phenoxy) is 3. The Morgan fingerprint density at radius 1 is 1.16 bits per heavy atom. The van der Waals surface area contributed by atoms with Gasteiger partial charge in [0.2, 0.25) is 0 Å². The van der Waals surface area contributed by atoms with Crippen LogP contribution in [0.1, 0.15) is 23.0 Å². The molecule has 0 spiro atoms. The van der Waals surface area contributed by atoms with Gasteiger partial charge in [0.1, 0.15) is 11.4 Å². The van der Waals surface area contributed by atoms with E-state index >= 15 is 0 Å². The maximum absolute atomic E-state index is 12.8. The minimum atomic E-state index is -0.525. The van der Waals surface area contributed by atoms with Gasteiger partial charge in [0.05, 0.1) is 19.3 Å². The van der Waals surface area contributed by atoms with E-state index in [1.54, 1.807) is 4.90 Å². The van der Waals surface area contributed by atoms with E-state index in [9.17, 15) is 4.79 Å². The number of amides is 1. The second-order valence-electron chi connectivity index (χ2n) is 5.25. The van der Waals surface area contributed by atoms with Gasteiger partial charge in [0.25, 0.3) is 5.91 Å². The molecule has 134 valence electrons. The zero-order valence-corrected chi connectivity index (χ0v) is 14.7.